The number of aliphatic imine (C=N–C) groups is 1. The minimum absolute atomic E-state index is 0.350. The third kappa shape index (κ3) is 4.97. The molecule has 0 saturated carbocycles. The zero-order chi connectivity index (χ0) is 21.2. The molecule has 2 aliphatic rings. The monoisotopic (exact) mass is 436 g/mol. The SMILES string of the molecule is CCNC1=N[C@@H]2[C@@H](O)[C@H](O)C([C@@H](OCc3ccc(OC)cc3)C(F)(F)F)O[C@@H]2S1. The fourth-order valence-electron chi connectivity index (χ4n) is 3.16. The van der Waals surface area contributed by atoms with E-state index in [2.05, 4.69) is 10.3 Å². The fourth-order valence-corrected chi connectivity index (χ4v) is 4.33. The number of aliphatic hydroxyl groups is 2. The number of hydrogen-bond acceptors (Lipinski definition) is 8. The van der Waals surface area contributed by atoms with Crippen molar-refractivity contribution in [1.29, 1.82) is 0 Å². The Morgan fingerprint density at radius 2 is 1.93 bits per heavy atom. The van der Waals surface area contributed by atoms with Crippen LogP contribution in [0.15, 0.2) is 29.3 Å². The van der Waals surface area contributed by atoms with E-state index in [0.29, 0.717) is 23.0 Å². The molecular formula is C18H23F3N2O5S. The summed E-state index contributed by atoms with van der Waals surface area (Å²) in [6.45, 7) is 2.05. The summed E-state index contributed by atoms with van der Waals surface area (Å²) < 4.78 is 56.8. The van der Waals surface area contributed by atoms with Crippen molar-refractivity contribution in [2.45, 2.75) is 55.6 Å². The van der Waals surface area contributed by atoms with Crippen LogP contribution < -0.4 is 10.1 Å². The molecule has 2 aliphatic heterocycles. The molecule has 1 fully saturated rings. The third-order valence-corrected chi connectivity index (χ3v) is 5.73. The molecule has 0 aliphatic carbocycles. The van der Waals surface area contributed by atoms with Gasteiger partial charge in [0.05, 0.1) is 13.7 Å². The predicted molar refractivity (Wildman–Crippen MR) is 101 cm³/mol. The molecule has 1 aromatic rings. The van der Waals surface area contributed by atoms with E-state index in [-0.39, 0.29) is 6.61 Å². The molecule has 1 unspecified atom stereocenters. The number of methoxy groups -OCH3 is 1. The summed E-state index contributed by atoms with van der Waals surface area (Å²) in [6.07, 6.45) is -12.3. The molecule has 1 aromatic carbocycles. The minimum atomic E-state index is -4.81. The van der Waals surface area contributed by atoms with Crippen LogP contribution in [0.25, 0.3) is 0 Å². The molecule has 0 bridgehead atoms. The van der Waals surface area contributed by atoms with Crippen LogP contribution in [0.5, 0.6) is 5.75 Å². The van der Waals surface area contributed by atoms with Crippen molar-refractivity contribution in [2.75, 3.05) is 13.7 Å². The second-order valence-electron chi connectivity index (χ2n) is 6.64. The highest BCUT2D eigenvalue weighted by atomic mass is 32.2. The van der Waals surface area contributed by atoms with Gasteiger partial charge < -0.3 is 29.7 Å². The quantitative estimate of drug-likeness (QED) is 0.625. The molecule has 6 atom stereocenters. The van der Waals surface area contributed by atoms with Gasteiger partial charge in [-0.1, -0.05) is 23.9 Å². The van der Waals surface area contributed by atoms with E-state index >= 15 is 0 Å². The van der Waals surface area contributed by atoms with Crippen LogP contribution in [0.1, 0.15) is 12.5 Å². The topological polar surface area (TPSA) is 92.5 Å². The number of ether oxygens (including phenoxy) is 3. The van der Waals surface area contributed by atoms with Gasteiger partial charge in [0.25, 0.3) is 0 Å². The Morgan fingerprint density at radius 1 is 1.24 bits per heavy atom. The molecule has 0 radical (unpaired) electrons. The zero-order valence-corrected chi connectivity index (χ0v) is 16.6. The molecule has 162 valence electrons. The Hall–Kier alpha value is -1.53. The van der Waals surface area contributed by atoms with E-state index < -0.39 is 42.1 Å². The van der Waals surface area contributed by atoms with Crippen LogP contribution in [-0.4, -0.2) is 71.1 Å². The lowest BCUT2D eigenvalue weighted by atomic mass is 9.94. The van der Waals surface area contributed by atoms with Gasteiger partial charge in [-0.05, 0) is 24.6 Å². The first kappa shape index (κ1) is 22.2. The number of hydrogen-bond donors (Lipinski definition) is 3. The maximum atomic E-state index is 13.7. The van der Waals surface area contributed by atoms with Gasteiger partial charge in [-0.2, -0.15) is 13.2 Å². The van der Waals surface area contributed by atoms with E-state index in [0.717, 1.165) is 11.8 Å². The Balaban J connectivity index is 1.73. The van der Waals surface area contributed by atoms with E-state index in [4.69, 9.17) is 14.2 Å². The molecular weight excluding hydrogens is 413 g/mol. The second-order valence-corrected chi connectivity index (χ2v) is 7.73. The normalized spacial score (nSPS) is 30.4. The van der Waals surface area contributed by atoms with Crippen molar-refractivity contribution in [3.8, 4) is 5.75 Å². The van der Waals surface area contributed by atoms with Crippen molar-refractivity contribution < 1.29 is 37.6 Å². The number of aliphatic hydroxyl groups excluding tert-OH is 2. The average molecular weight is 436 g/mol. The van der Waals surface area contributed by atoms with Gasteiger partial charge in [0, 0.05) is 6.54 Å². The first-order valence-electron chi connectivity index (χ1n) is 9.05. The van der Waals surface area contributed by atoms with Crippen LogP contribution in [0.3, 0.4) is 0 Å². The van der Waals surface area contributed by atoms with Gasteiger partial charge in [-0.3, -0.25) is 4.99 Å². The van der Waals surface area contributed by atoms with Crippen molar-refractivity contribution in [3.63, 3.8) is 0 Å². The Bertz CT molecular complexity index is 718. The summed E-state index contributed by atoms with van der Waals surface area (Å²) in [5, 5.41) is 24.1. The van der Waals surface area contributed by atoms with Gasteiger partial charge in [-0.25, -0.2) is 0 Å². The average Bonchev–Trinajstić information content (AvgIpc) is 3.08. The summed E-state index contributed by atoms with van der Waals surface area (Å²) in [5.41, 5.74) is -0.348. The molecule has 3 rings (SSSR count). The molecule has 7 nitrogen and oxygen atoms in total. The van der Waals surface area contributed by atoms with E-state index in [1.807, 2.05) is 6.92 Å². The molecule has 1 saturated heterocycles. The number of rotatable bonds is 6. The summed E-state index contributed by atoms with van der Waals surface area (Å²) in [4.78, 5) is 4.20. The standard InChI is InChI=1S/C18H23F3N2O5S/c1-3-22-17-23-11-12(24)13(25)14(28-16(11)29-17)15(18(19,20)21)27-8-9-4-6-10(26-2)7-5-9/h4-7,11-16,24-25H,3,8H2,1-2H3,(H,22,23)/t11-,12-,13+,14?,15-,16-/m1/s1. The summed E-state index contributed by atoms with van der Waals surface area (Å²) in [6, 6.07) is 5.53. The van der Waals surface area contributed by atoms with Gasteiger partial charge in [-0.15, -0.1) is 0 Å². The maximum absolute atomic E-state index is 13.7. The van der Waals surface area contributed by atoms with Crippen LogP contribution in [0, 0.1) is 0 Å². The Morgan fingerprint density at radius 3 is 2.52 bits per heavy atom. The zero-order valence-electron chi connectivity index (χ0n) is 15.8. The molecule has 0 amide bonds. The highest BCUT2D eigenvalue weighted by Crippen LogP contribution is 2.40. The number of nitrogens with zero attached hydrogens (tertiary/aromatic N) is 1. The Kier molecular flexibility index (Phi) is 6.94. The number of benzene rings is 1. The van der Waals surface area contributed by atoms with Crippen LogP contribution in [0.4, 0.5) is 13.2 Å². The fraction of sp³-hybridized carbons (Fsp3) is 0.611. The van der Waals surface area contributed by atoms with Crippen molar-refractivity contribution in [2.24, 2.45) is 4.99 Å². The first-order valence-corrected chi connectivity index (χ1v) is 9.93. The minimum Gasteiger partial charge on any atom is -0.497 e. The van der Waals surface area contributed by atoms with Crippen LogP contribution >= 0.6 is 11.8 Å². The summed E-state index contributed by atoms with van der Waals surface area (Å²) >= 11 is 1.08. The van der Waals surface area contributed by atoms with Crippen LogP contribution in [0.2, 0.25) is 0 Å². The summed E-state index contributed by atoms with van der Waals surface area (Å²) in [7, 11) is 1.48. The predicted octanol–water partition coefficient (Wildman–Crippen LogP) is 1.67. The number of nitrogens with one attached hydrogen (secondary N) is 1. The highest BCUT2D eigenvalue weighted by Gasteiger charge is 2.57. The lowest BCUT2D eigenvalue weighted by Gasteiger charge is -2.41. The summed E-state index contributed by atoms with van der Waals surface area (Å²) in [5.74, 6) is 0.566. The lowest BCUT2D eigenvalue weighted by Crippen LogP contribution is -2.61. The van der Waals surface area contributed by atoms with Gasteiger partial charge in [0.2, 0.25) is 0 Å². The molecule has 0 aromatic heterocycles. The molecule has 2 heterocycles. The maximum Gasteiger partial charge on any atom is 0.417 e. The molecule has 0 spiro atoms. The van der Waals surface area contributed by atoms with Crippen molar-refractivity contribution in [1.82, 2.24) is 5.32 Å². The van der Waals surface area contributed by atoms with Crippen LogP contribution in [-0.2, 0) is 16.1 Å². The third-order valence-electron chi connectivity index (χ3n) is 4.64. The first-order chi connectivity index (χ1) is 13.7. The van der Waals surface area contributed by atoms with Gasteiger partial charge in [0.1, 0.15) is 35.5 Å². The van der Waals surface area contributed by atoms with Crippen molar-refractivity contribution >= 4 is 16.9 Å². The number of halogens is 3. The van der Waals surface area contributed by atoms with Gasteiger partial charge in [0.15, 0.2) is 11.3 Å². The highest BCUT2D eigenvalue weighted by molar-refractivity contribution is 8.14. The lowest BCUT2D eigenvalue weighted by molar-refractivity contribution is -0.286. The molecule has 29 heavy (non-hydrogen) atoms. The van der Waals surface area contributed by atoms with E-state index in [9.17, 15) is 23.4 Å². The Labute approximate surface area is 170 Å². The van der Waals surface area contributed by atoms with E-state index in [1.54, 1.807) is 24.3 Å². The smallest absolute Gasteiger partial charge is 0.417 e. The number of fused-ring (bicyclic) bond motifs is 1. The molecule has 11 heteroatoms. The van der Waals surface area contributed by atoms with Gasteiger partial charge >= 0.3 is 6.18 Å². The molecule has 3 N–H and O–H groups in total. The largest absolute Gasteiger partial charge is 0.497 e. The van der Waals surface area contributed by atoms with E-state index in [1.165, 1.54) is 7.11 Å². The number of thioether (sulfide) groups is 1. The van der Waals surface area contributed by atoms with Crippen molar-refractivity contribution in [3.05, 3.63) is 29.8 Å². The number of amidine groups is 1. The second kappa shape index (κ2) is 9.09. The number of alkyl halides is 3.